The predicted molar refractivity (Wildman–Crippen MR) is 68.0 cm³/mol. The van der Waals surface area contributed by atoms with Crippen LogP contribution in [0.1, 0.15) is 32.0 Å². The number of aryl methyl sites for hydroxylation is 1. The highest BCUT2D eigenvalue weighted by Crippen LogP contribution is 2.18. The fraction of sp³-hybridized carbons (Fsp3) is 0.750. The summed E-state index contributed by atoms with van der Waals surface area (Å²) in [6.45, 7) is 3.50. The molecule has 6 heteroatoms. The molecule has 100 valence electrons. The van der Waals surface area contributed by atoms with Gasteiger partial charge in [0.05, 0.1) is 5.54 Å². The first kappa shape index (κ1) is 13.0. The van der Waals surface area contributed by atoms with E-state index in [0.29, 0.717) is 13.0 Å². The zero-order valence-corrected chi connectivity index (χ0v) is 11.1. The molecular weight excluding hydrogens is 230 g/mol. The Labute approximate surface area is 107 Å². The molecular formula is C12H21N5O. The van der Waals surface area contributed by atoms with Gasteiger partial charge in [-0.3, -0.25) is 4.79 Å². The Morgan fingerprint density at radius 2 is 2.44 bits per heavy atom. The molecule has 18 heavy (non-hydrogen) atoms. The van der Waals surface area contributed by atoms with E-state index >= 15 is 0 Å². The molecule has 1 aliphatic heterocycles. The average molecular weight is 251 g/mol. The van der Waals surface area contributed by atoms with E-state index in [9.17, 15) is 4.79 Å². The molecule has 1 aliphatic rings. The number of hydrogen-bond acceptors (Lipinski definition) is 4. The summed E-state index contributed by atoms with van der Waals surface area (Å²) in [7, 11) is 1.90. The first-order chi connectivity index (χ1) is 8.62. The normalized spacial score (nSPS) is 23.9. The van der Waals surface area contributed by atoms with Crippen LogP contribution in [-0.2, 0) is 18.3 Å². The second-order valence-corrected chi connectivity index (χ2v) is 5.08. The van der Waals surface area contributed by atoms with Gasteiger partial charge in [-0.15, -0.1) is 10.2 Å². The summed E-state index contributed by atoms with van der Waals surface area (Å²) in [6.07, 6.45) is 5.55. The molecule has 1 atom stereocenters. The van der Waals surface area contributed by atoms with Gasteiger partial charge in [-0.25, -0.2) is 0 Å². The van der Waals surface area contributed by atoms with E-state index in [2.05, 4.69) is 20.8 Å². The smallest absolute Gasteiger partial charge is 0.240 e. The van der Waals surface area contributed by atoms with Crippen molar-refractivity contribution in [1.82, 2.24) is 25.4 Å². The van der Waals surface area contributed by atoms with Gasteiger partial charge in [0, 0.05) is 20.0 Å². The molecule has 2 rings (SSSR count). The first-order valence-corrected chi connectivity index (χ1v) is 6.48. The van der Waals surface area contributed by atoms with Crippen LogP contribution in [0, 0.1) is 0 Å². The lowest BCUT2D eigenvalue weighted by Gasteiger charge is -2.33. The lowest BCUT2D eigenvalue weighted by Crippen LogP contribution is -2.57. The Balaban J connectivity index is 1.79. The van der Waals surface area contributed by atoms with Gasteiger partial charge in [-0.2, -0.15) is 0 Å². The molecule has 1 amide bonds. The quantitative estimate of drug-likeness (QED) is 0.790. The number of hydrogen-bond donors (Lipinski definition) is 2. The van der Waals surface area contributed by atoms with E-state index in [1.54, 1.807) is 6.33 Å². The van der Waals surface area contributed by atoms with E-state index < -0.39 is 5.54 Å². The Morgan fingerprint density at radius 1 is 1.61 bits per heavy atom. The van der Waals surface area contributed by atoms with Crippen LogP contribution in [0.4, 0.5) is 0 Å². The minimum absolute atomic E-state index is 0.0874. The Morgan fingerprint density at radius 3 is 3.06 bits per heavy atom. The number of aromatic nitrogens is 3. The molecule has 1 saturated heterocycles. The van der Waals surface area contributed by atoms with Gasteiger partial charge in [0.25, 0.3) is 0 Å². The maximum absolute atomic E-state index is 12.1. The maximum Gasteiger partial charge on any atom is 0.240 e. The minimum atomic E-state index is -0.405. The van der Waals surface area contributed by atoms with Gasteiger partial charge in [-0.05, 0) is 32.7 Å². The van der Waals surface area contributed by atoms with Crippen LogP contribution in [-0.4, -0.2) is 39.3 Å². The number of carbonyl (C=O) groups excluding carboxylic acids is 1. The van der Waals surface area contributed by atoms with Crippen LogP contribution in [0.15, 0.2) is 6.33 Å². The number of nitrogens with one attached hydrogen (secondary N) is 2. The average Bonchev–Trinajstić information content (AvgIpc) is 2.76. The van der Waals surface area contributed by atoms with Crippen LogP contribution in [0.25, 0.3) is 0 Å². The Kier molecular flexibility index (Phi) is 3.96. The van der Waals surface area contributed by atoms with E-state index in [0.717, 1.165) is 31.6 Å². The van der Waals surface area contributed by atoms with Crippen LogP contribution < -0.4 is 10.6 Å². The third kappa shape index (κ3) is 2.87. The van der Waals surface area contributed by atoms with Crippen LogP contribution in [0.5, 0.6) is 0 Å². The third-order valence-electron chi connectivity index (χ3n) is 3.56. The SMILES string of the molecule is Cn1cnnc1CCNC(=O)C1(C)CCCCN1. The molecule has 0 bridgehead atoms. The molecule has 0 saturated carbocycles. The number of carbonyl (C=O) groups is 1. The highest BCUT2D eigenvalue weighted by atomic mass is 16.2. The molecule has 0 spiro atoms. The van der Waals surface area contributed by atoms with Crippen LogP contribution in [0.2, 0.25) is 0 Å². The molecule has 2 N–H and O–H groups in total. The maximum atomic E-state index is 12.1. The molecule has 0 radical (unpaired) electrons. The lowest BCUT2D eigenvalue weighted by molar-refractivity contribution is -0.127. The summed E-state index contributed by atoms with van der Waals surface area (Å²) in [5.41, 5.74) is -0.405. The summed E-state index contributed by atoms with van der Waals surface area (Å²) >= 11 is 0. The molecule has 6 nitrogen and oxygen atoms in total. The first-order valence-electron chi connectivity index (χ1n) is 6.48. The molecule has 1 aromatic heterocycles. The van der Waals surface area contributed by atoms with E-state index in [4.69, 9.17) is 0 Å². The fourth-order valence-electron chi connectivity index (χ4n) is 2.27. The van der Waals surface area contributed by atoms with Crippen molar-refractivity contribution in [3.05, 3.63) is 12.2 Å². The highest BCUT2D eigenvalue weighted by molar-refractivity contribution is 5.85. The number of amides is 1. The summed E-state index contributed by atoms with van der Waals surface area (Å²) < 4.78 is 1.87. The van der Waals surface area contributed by atoms with Crippen LogP contribution >= 0.6 is 0 Å². The second-order valence-electron chi connectivity index (χ2n) is 5.08. The van der Waals surface area contributed by atoms with Crippen molar-refractivity contribution in [3.63, 3.8) is 0 Å². The predicted octanol–water partition coefficient (Wildman–Crippen LogP) is 0.00600. The van der Waals surface area contributed by atoms with Gasteiger partial charge < -0.3 is 15.2 Å². The lowest BCUT2D eigenvalue weighted by atomic mass is 9.90. The molecule has 1 fully saturated rings. The number of piperidine rings is 1. The summed E-state index contributed by atoms with van der Waals surface area (Å²) in [4.78, 5) is 12.1. The second kappa shape index (κ2) is 5.48. The zero-order chi connectivity index (χ0) is 13.0. The standard InChI is InChI=1S/C12H21N5O/c1-12(6-3-4-7-14-12)11(18)13-8-5-10-16-15-9-17(10)2/h9,14H,3-8H2,1-2H3,(H,13,18). The third-order valence-corrected chi connectivity index (χ3v) is 3.56. The van der Waals surface area contributed by atoms with Crippen molar-refractivity contribution in [1.29, 1.82) is 0 Å². The van der Waals surface area contributed by atoms with Crippen molar-refractivity contribution >= 4 is 5.91 Å². The van der Waals surface area contributed by atoms with Crippen molar-refractivity contribution < 1.29 is 4.79 Å². The Hall–Kier alpha value is -1.43. The summed E-state index contributed by atoms with van der Waals surface area (Å²) in [5, 5.41) is 14.1. The van der Waals surface area contributed by atoms with E-state index in [1.165, 1.54) is 0 Å². The molecule has 0 aliphatic carbocycles. The number of nitrogens with zero attached hydrogens (tertiary/aromatic N) is 3. The molecule has 0 aromatic carbocycles. The van der Waals surface area contributed by atoms with Crippen molar-refractivity contribution in [2.75, 3.05) is 13.1 Å². The van der Waals surface area contributed by atoms with Gasteiger partial charge in [0.2, 0.25) is 5.91 Å². The van der Waals surface area contributed by atoms with Gasteiger partial charge in [-0.1, -0.05) is 0 Å². The molecule has 1 unspecified atom stereocenters. The summed E-state index contributed by atoms with van der Waals surface area (Å²) in [5.74, 6) is 0.974. The van der Waals surface area contributed by atoms with Crippen molar-refractivity contribution in [2.24, 2.45) is 7.05 Å². The monoisotopic (exact) mass is 251 g/mol. The summed E-state index contributed by atoms with van der Waals surface area (Å²) in [6, 6.07) is 0. The molecule has 2 heterocycles. The molecule has 1 aromatic rings. The van der Waals surface area contributed by atoms with Crippen LogP contribution in [0.3, 0.4) is 0 Å². The topological polar surface area (TPSA) is 71.8 Å². The fourth-order valence-corrected chi connectivity index (χ4v) is 2.27. The van der Waals surface area contributed by atoms with Crippen molar-refractivity contribution in [2.45, 2.75) is 38.1 Å². The zero-order valence-electron chi connectivity index (χ0n) is 11.1. The largest absolute Gasteiger partial charge is 0.354 e. The number of rotatable bonds is 4. The van der Waals surface area contributed by atoms with Gasteiger partial charge in [0.1, 0.15) is 12.2 Å². The van der Waals surface area contributed by atoms with Gasteiger partial charge in [0.15, 0.2) is 0 Å². The van der Waals surface area contributed by atoms with Gasteiger partial charge >= 0.3 is 0 Å². The Bertz CT molecular complexity index is 408. The van der Waals surface area contributed by atoms with E-state index in [-0.39, 0.29) is 5.91 Å². The van der Waals surface area contributed by atoms with E-state index in [1.807, 2.05) is 18.5 Å². The highest BCUT2D eigenvalue weighted by Gasteiger charge is 2.33. The minimum Gasteiger partial charge on any atom is -0.354 e. The van der Waals surface area contributed by atoms with Crippen molar-refractivity contribution in [3.8, 4) is 0 Å².